The summed E-state index contributed by atoms with van der Waals surface area (Å²) in [6.07, 6.45) is 0.842. The molecule has 1 aromatic rings. The fourth-order valence-corrected chi connectivity index (χ4v) is 1.99. The summed E-state index contributed by atoms with van der Waals surface area (Å²) in [6, 6.07) is 3.12. The van der Waals surface area contributed by atoms with E-state index in [9.17, 15) is 13.6 Å². The van der Waals surface area contributed by atoms with Crippen molar-refractivity contribution >= 4 is 18.3 Å². The number of carbonyl (C=O) groups is 1. The topological polar surface area (TPSA) is 64.4 Å². The molecule has 0 saturated carbocycles. The van der Waals surface area contributed by atoms with Crippen LogP contribution < -0.4 is 11.1 Å². The van der Waals surface area contributed by atoms with Crippen molar-refractivity contribution in [3.05, 3.63) is 35.4 Å². The molecule has 1 fully saturated rings. The highest BCUT2D eigenvalue weighted by Gasteiger charge is 2.35. The van der Waals surface area contributed by atoms with Crippen LogP contribution in [0.5, 0.6) is 0 Å². The molecule has 0 aliphatic carbocycles. The lowest BCUT2D eigenvalue weighted by Gasteiger charge is -2.31. The number of nitrogens with two attached hydrogens (primary N) is 1. The van der Waals surface area contributed by atoms with Gasteiger partial charge in [0.15, 0.2) is 0 Å². The van der Waals surface area contributed by atoms with Crippen LogP contribution in [0, 0.1) is 11.6 Å². The molecule has 1 aliphatic heterocycles. The van der Waals surface area contributed by atoms with Crippen molar-refractivity contribution in [2.45, 2.75) is 24.9 Å². The molecular formula is C13H17ClF2N2O2. The largest absolute Gasteiger partial charge is 0.381 e. The summed E-state index contributed by atoms with van der Waals surface area (Å²) in [4.78, 5) is 12.0. The standard InChI is InChI=1S/C13H16F2N2O2.ClH/c14-10-1-2-11(15)9(7-10)8-17-12(18)13(16)3-5-19-6-4-13;/h1-2,7H,3-6,8,16H2,(H,17,18);1H. The highest BCUT2D eigenvalue weighted by atomic mass is 35.5. The fraction of sp³-hybridized carbons (Fsp3) is 0.462. The van der Waals surface area contributed by atoms with Gasteiger partial charge in [-0.15, -0.1) is 12.4 Å². The molecule has 0 spiro atoms. The monoisotopic (exact) mass is 306 g/mol. The lowest BCUT2D eigenvalue weighted by molar-refractivity contribution is -0.129. The first kappa shape index (κ1) is 16.8. The van der Waals surface area contributed by atoms with E-state index in [0.717, 1.165) is 18.2 Å². The van der Waals surface area contributed by atoms with Crippen molar-refractivity contribution in [2.24, 2.45) is 5.73 Å². The molecule has 1 heterocycles. The van der Waals surface area contributed by atoms with Gasteiger partial charge in [0, 0.05) is 25.3 Å². The van der Waals surface area contributed by atoms with Crippen LogP contribution in [0.1, 0.15) is 18.4 Å². The zero-order valence-electron chi connectivity index (χ0n) is 10.8. The molecule has 3 N–H and O–H groups in total. The number of nitrogens with one attached hydrogen (secondary N) is 1. The van der Waals surface area contributed by atoms with E-state index in [0.29, 0.717) is 26.1 Å². The van der Waals surface area contributed by atoms with Crippen molar-refractivity contribution in [1.82, 2.24) is 5.32 Å². The summed E-state index contributed by atoms with van der Waals surface area (Å²) in [6.45, 7) is 0.777. The minimum atomic E-state index is -0.984. The first-order valence-electron chi connectivity index (χ1n) is 6.10. The van der Waals surface area contributed by atoms with E-state index in [2.05, 4.69) is 5.32 Å². The lowest BCUT2D eigenvalue weighted by Crippen LogP contribution is -2.56. The minimum absolute atomic E-state index is 0. The molecule has 0 unspecified atom stereocenters. The first-order valence-corrected chi connectivity index (χ1v) is 6.10. The predicted molar refractivity (Wildman–Crippen MR) is 72.4 cm³/mol. The molecule has 1 aliphatic rings. The van der Waals surface area contributed by atoms with E-state index in [1.54, 1.807) is 0 Å². The number of ether oxygens (including phenoxy) is 1. The Hall–Kier alpha value is -1.24. The van der Waals surface area contributed by atoms with Gasteiger partial charge in [0.2, 0.25) is 5.91 Å². The van der Waals surface area contributed by atoms with Crippen LogP contribution in [-0.4, -0.2) is 24.7 Å². The van der Waals surface area contributed by atoms with Crippen molar-refractivity contribution < 1.29 is 18.3 Å². The molecular weight excluding hydrogens is 290 g/mol. The van der Waals surface area contributed by atoms with Crippen LogP contribution in [0.3, 0.4) is 0 Å². The van der Waals surface area contributed by atoms with E-state index in [-0.39, 0.29) is 30.4 Å². The van der Waals surface area contributed by atoms with E-state index in [1.807, 2.05) is 0 Å². The molecule has 1 saturated heterocycles. The number of amides is 1. The Morgan fingerprint density at radius 1 is 1.35 bits per heavy atom. The molecule has 7 heteroatoms. The first-order chi connectivity index (χ1) is 9.01. The highest BCUT2D eigenvalue weighted by Crippen LogP contribution is 2.18. The Labute approximate surface area is 122 Å². The van der Waals surface area contributed by atoms with Crippen LogP contribution >= 0.6 is 12.4 Å². The van der Waals surface area contributed by atoms with Gasteiger partial charge >= 0.3 is 0 Å². The number of benzene rings is 1. The minimum Gasteiger partial charge on any atom is -0.381 e. The highest BCUT2D eigenvalue weighted by molar-refractivity contribution is 5.86. The molecule has 20 heavy (non-hydrogen) atoms. The summed E-state index contributed by atoms with van der Waals surface area (Å²) in [5.41, 5.74) is 5.09. The van der Waals surface area contributed by atoms with Crippen LogP contribution in [0.25, 0.3) is 0 Å². The maximum Gasteiger partial charge on any atom is 0.240 e. The summed E-state index contributed by atoms with van der Waals surface area (Å²) in [5, 5.41) is 2.55. The van der Waals surface area contributed by atoms with Crippen molar-refractivity contribution in [3.63, 3.8) is 0 Å². The van der Waals surface area contributed by atoms with Gasteiger partial charge in [-0.1, -0.05) is 0 Å². The second-order valence-electron chi connectivity index (χ2n) is 4.69. The summed E-state index contributed by atoms with van der Waals surface area (Å²) in [7, 11) is 0. The molecule has 0 atom stereocenters. The van der Waals surface area contributed by atoms with E-state index >= 15 is 0 Å². The number of carbonyl (C=O) groups excluding carboxylic acids is 1. The number of rotatable bonds is 3. The zero-order valence-corrected chi connectivity index (χ0v) is 11.6. The van der Waals surface area contributed by atoms with Gasteiger partial charge in [-0.05, 0) is 31.0 Å². The van der Waals surface area contributed by atoms with Gasteiger partial charge in [-0.3, -0.25) is 4.79 Å². The van der Waals surface area contributed by atoms with Gasteiger partial charge in [0.25, 0.3) is 0 Å². The van der Waals surface area contributed by atoms with E-state index < -0.39 is 17.2 Å². The third kappa shape index (κ3) is 3.88. The quantitative estimate of drug-likeness (QED) is 0.890. The second kappa shape index (κ2) is 6.97. The third-order valence-electron chi connectivity index (χ3n) is 3.28. The van der Waals surface area contributed by atoms with Crippen LogP contribution in [0.15, 0.2) is 18.2 Å². The van der Waals surface area contributed by atoms with Gasteiger partial charge in [-0.25, -0.2) is 8.78 Å². The average molecular weight is 307 g/mol. The Kier molecular flexibility index (Phi) is 5.86. The van der Waals surface area contributed by atoms with Crippen LogP contribution in [-0.2, 0) is 16.1 Å². The van der Waals surface area contributed by atoms with E-state index in [1.165, 1.54) is 0 Å². The zero-order chi connectivity index (χ0) is 13.9. The van der Waals surface area contributed by atoms with Crippen LogP contribution in [0.2, 0.25) is 0 Å². The van der Waals surface area contributed by atoms with Crippen molar-refractivity contribution in [3.8, 4) is 0 Å². The molecule has 112 valence electrons. The SMILES string of the molecule is Cl.NC1(C(=O)NCc2cc(F)ccc2F)CCOCC1. The summed E-state index contributed by atoms with van der Waals surface area (Å²) in [5.74, 6) is -1.46. The van der Waals surface area contributed by atoms with E-state index in [4.69, 9.17) is 10.5 Å². The predicted octanol–water partition coefficient (Wildman–Crippen LogP) is 1.51. The van der Waals surface area contributed by atoms with Gasteiger partial charge < -0.3 is 15.8 Å². The van der Waals surface area contributed by atoms with Crippen molar-refractivity contribution in [1.29, 1.82) is 0 Å². The number of halogens is 3. The lowest BCUT2D eigenvalue weighted by atomic mass is 9.90. The Balaban J connectivity index is 0.00000200. The molecule has 0 bridgehead atoms. The Morgan fingerprint density at radius 2 is 2.00 bits per heavy atom. The van der Waals surface area contributed by atoms with Gasteiger partial charge in [-0.2, -0.15) is 0 Å². The molecule has 1 amide bonds. The third-order valence-corrected chi connectivity index (χ3v) is 3.28. The Morgan fingerprint density at radius 3 is 2.65 bits per heavy atom. The molecule has 0 aromatic heterocycles. The molecule has 1 aromatic carbocycles. The second-order valence-corrected chi connectivity index (χ2v) is 4.69. The number of hydrogen-bond acceptors (Lipinski definition) is 3. The van der Waals surface area contributed by atoms with Gasteiger partial charge in [0.05, 0.1) is 5.54 Å². The Bertz CT molecular complexity index is 479. The molecule has 2 rings (SSSR count). The summed E-state index contributed by atoms with van der Waals surface area (Å²) >= 11 is 0. The summed E-state index contributed by atoms with van der Waals surface area (Å²) < 4.78 is 31.5. The van der Waals surface area contributed by atoms with Crippen LogP contribution in [0.4, 0.5) is 8.78 Å². The average Bonchev–Trinajstić information content (AvgIpc) is 2.40. The normalized spacial score (nSPS) is 17.1. The maximum atomic E-state index is 13.4. The van der Waals surface area contributed by atoms with Gasteiger partial charge in [0.1, 0.15) is 11.6 Å². The molecule has 4 nitrogen and oxygen atoms in total. The number of hydrogen-bond donors (Lipinski definition) is 2. The van der Waals surface area contributed by atoms with Crippen molar-refractivity contribution in [2.75, 3.05) is 13.2 Å². The smallest absolute Gasteiger partial charge is 0.240 e. The molecule has 0 radical (unpaired) electrons. The fourth-order valence-electron chi connectivity index (χ4n) is 1.99. The maximum absolute atomic E-state index is 13.4.